The van der Waals surface area contributed by atoms with Crippen LogP contribution < -0.4 is 11.1 Å². The predicted octanol–water partition coefficient (Wildman–Crippen LogP) is 3.41. The molecule has 0 unspecified atom stereocenters. The molecular formula is C14H13FIN3O2. The predicted molar refractivity (Wildman–Crippen MR) is 87.4 cm³/mol. The molecule has 0 aliphatic heterocycles. The highest BCUT2D eigenvalue weighted by Gasteiger charge is 2.17. The Hall–Kier alpha value is -1.74. The number of halogens is 2. The van der Waals surface area contributed by atoms with Crippen LogP contribution in [0.2, 0.25) is 0 Å². The van der Waals surface area contributed by atoms with Crippen LogP contribution in [0.15, 0.2) is 36.4 Å². The average molecular weight is 401 g/mol. The molecule has 0 radical (unpaired) electrons. The van der Waals surface area contributed by atoms with Crippen molar-refractivity contribution in [2.24, 2.45) is 5.73 Å². The molecule has 0 fully saturated rings. The molecule has 2 aromatic rings. The van der Waals surface area contributed by atoms with Gasteiger partial charge in [0, 0.05) is 25.2 Å². The number of nitrogens with one attached hydrogen (secondary N) is 1. The summed E-state index contributed by atoms with van der Waals surface area (Å²) < 4.78 is 13.8. The fraction of sp³-hybridized carbons (Fsp3) is 0.143. The molecule has 110 valence electrons. The SMILES string of the molecule is NCc1ccccc1CNc1cc(F)c(I)cc1[N+](=O)[O-]. The minimum Gasteiger partial charge on any atom is -0.375 e. The lowest BCUT2D eigenvalue weighted by Crippen LogP contribution is -2.08. The summed E-state index contributed by atoms with van der Waals surface area (Å²) in [6, 6.07) is 9.86. The lowest BCUT2D eigenvalue weighted by molar-refractivity contribution is -0.384. The standard InChI is InChI=1S/C14H13FIN3O2/c15-11-5-13(14(19(20)21)6-12(11)16)18-8-10-4-2-1-3-9(10)7-17/h1-6,18H,7-8,17H2. The third kappa shape index (κ3) is 3.67. The van der Waals surface area contributed by atoms with E-state index in [-0.39, 0.29) is 14.9 Å². The van der Waals surface area contributed by atoms with Gasteiger partial charge in [0.05, 0.1) is 8.49 Å². The molecule has 0 aliphatic carbocycles. The number of nitrogens with zero attached hydrogens (tertiary/aromatic N) is 1. The summed E-state index contributed by atoms with van der Waals surface area (Å²) in [6.07, 6.45) is 0. The van der Waals surface area contributed by atoms with Gasteiger partial charge >= 0.3 is 0 Å². The molecule has 2 rings (SSSR count). The first kappa shape index (κ1) is 15.6. The van der Waals surface area contributed by atoms with E-state index in [1.165, 1.54) is 6.07 Å². The molecular weight excluding hydrogens is 388 g/mol. The Morgan fingerprint density at radius 2 is 1.95 bits per heavy atom. The van der Waals surface area contributed by atoms with Crippen molar-refractivity contribution in [2.75, 3.05) is 5.32 Å². The Labute approximate surface area is 134 Å². The molecule has 0 aromatic heterocycles. The highest BCUT2D eigenvalue weighted by Crippen LogP contribution is 2.29. The van der Waals surface area contributed by atoms with Gasteiger partial charge in [-0.3, -0.25) is 10.1 Å². The van der Waals surface area contributed by atoms with E-state index in [2.05, 4.69) is 5.32 Å². The molecule has 7 heteroatoms. The number of benzene rings is 2. The molecule has 0 bridgehead atoms. The molecule has 0 heterocycles. The Kier molecular flexibility index (Phi) is 5.07. The van der Waals surface area contributed by atoms with Gasteiger partial charge in [0.15, 0.2) is 0 Å². The Morgan fingerprint density at radius 3 is 2.57 bits per heavy atom. The first-order chi connectivity index (χ1) is 10.0. The van der Waals surface area contributed by atoms with Crippen molar-refractivity contribution in [3.05, 3.63) is 67.0 Å². The van der Waals surface area contributed by atoms with Gasteiger partial charge in [0.1, 0.15) is 11.5 Å². The van der Waals surface area contributed by atoms with E-state index in [4.69, 9.17) is 5.73 Å². The van der Waals surface area contributed by atoms with Crippen LogP contribution in [0.1, 0.15) is 11.1 Å². The molecule has 5 nitrogen and oxygen atoms in total. The van der Waals surface area contributed by atoms with Crippen LogP contribution in [0.5, 0.6) is 0 Å². The summed E-state index contributed by atoms with van der Waals surface area (Å²) in [5.74, 6) is -0.490. The maximum Gasteiger partial charge on any atom is 0.293 e. The molecule has 0 atom stereocenters. The second kappa shape index (κ2) is 6.81. The first-order valence-electron chi connectivity index (χ1n) is 6.17. The minimum atomic E-state index is -0.529. The molecule has 2 aromatic carbocycles. The van der Waals surface area contributed by atoms with Gasteiger partial charge in [-0.25, -0.2) is 4.39 Å². The lowest BCUT2D eigenvalue weighted by atomic mass is 10.1. The van der Waals surface area contributed by atoms with Crippen molar-refractivity contribution in [3.8, 4) is 0 Å². The van der Waals surface area contributed by atoms with E-state index >= 15 is 0 Å². The van der Waals surface area contributed by atoms with Crippen LogP contribution in [-0.4, -0.2) is 4.92 Å². The van der Waals surface area contributed by atoms with Crippen molar-refractivity contribution >= 4 is 34.0 Å². The van der Waals surface area contributed by atoms with Crippen molar-refractivity contribution in [1.82, 2.24) is 0 Å². The van der Waals surface area contributed by atoms with Gasteiger partial charge in [-0.2, -0.15) is 0 Å². The largest absolute Gasteiger partial charge is 0.375 e. The van der Waals surface area contributed by atoms with E-state index in [1.807, 2.05) is 24.3 Å². The van der Waals surface area contributed by atoms with Crippen LogP contribution in [0.3, 0.4) is 0 Å². The second-order valence-corrected chi connectivity index (χ2v) is 5.53. The quantitative estimate of drug-likeness (QED) is 0.457. The zero-order chi connectivity index (χ0) is 15.4. The third-order valence-electron chi connectivity index (χ3n) is 3.04. The second-order valence-electron chi connectivity index (χ2n) is 4.37. The van der Waals surface area contributed by atoms with Gasteiger partial charge in [-0.15, -0.1) is 0 Å². The Balaban J connectivity index is 2.27. The molecule has 0 aliphatic rings. The third-order valence-corrected chi connectivity index (χ3v) is 3.87. The zero-order valence-corrected chi connectivity index (χ0v) is 13.1. The Morgan fingerprint density at radius 1 is 1.29 bits per heavy atom. The lowest BCUT2D eigenvalue weighted by Gasteiger charge is -2.11. The zero-order valence-electron chi connectivity index (χ0n) is 11.0. The average Bonchev–Trinajstić information content (AvgIpc) is 2.48. The maximum absolute atomic E-state index is 13.6. The normalized spacial score (nSPS) is 10.4. The topological polar surface area (TPSA) is 81.2 Å². The summed E-state index contributed by atoms with van der Waals surface area (Å²) in [7, 11) is 0. The molecule has 0 saturated heterocycles. The van der Waals surface area contributed by atoms with E-state index in [9.17, 15) is 14.5 Å². The summed E-state index contributed by atoms with van der Waals surface area (Å²) in [5.41, 5.74) is 7.52. The van der Waals surface area contributed by atoms with Crippen LogP contribution >= 0.6 is 22.6 Å². The van der Waals surface area contributed by atoms with Gasteiger partial charge < -0.3 is 11.1 Å². The van der Waals surface area contributed by atoms with Gasteiger partial charge in [-0.05, 0) is 33.7 Å². The number of nitro groups is 1. The van der Waals surface area contributed by atoms with Crippen molar-refractivity contribution in [1.29, 1.82) is 0 Å². The highest BCUT2D eigenvalue weighted by molar-refractivity contribution is 14.1. The molecule has 21 heavy (non-hydrogen) atoms. The van der Waals surface area contributed by atoms with E-state index in [0.29, 0.717) is 13.1 Å². The number of nitrogens with two attached hydrogens (primary N) is 1. The fourth-order valence-corrected chi connectivity index (χ4v) is 2.40. The van der Waals surface area contributed by atoms with Gasteiger partial charge in [-0.1, -0.05) is 24.3 Å². The number of nitro benzene ring substituents is 1. The molecule has 3 N–H and O–H groups in total. The summed E-state index contributed by atoms with van der Waals surface area (Å²) in [6.45, 7) is 0.718. The van der Waals surface area contributed by atoms with Crippen molar-refractivity contribution in [2.45, 2.75) is 13.1 Å². The molecule has 0 saturated carbocycles. The van der Waals surface area contributed by atoms with Crippen LogP contribution in [0.4, 0.5) is 15.8 Å². The van der Waals surface area contributed by atoms with Crippen LogP contribution in [0, 0.1) is 19.5 Å². The highest BCUT2D eigenvalue weighted by atomic mass is 127. The number of rotatable bonds is 5. The Bertz CT molecular complexity index is 679. The first-order valence-corrected chi connectivity index (χ1v) is 7.25. The monoisotopic (exact) mass is 401 g/mol. The number of hydrogen-bond acceptors (Lipinski definition) is 4. The van der Waals surface area contributed by atoms with Gasteiger partial charge in [0.25, 0.3) is 5.69 Å². The van der Waals surface area contributed by atoms with E-state index in [1.54, 1.807) is 22.6 Å². The van der Waals surface area contributed by atoms with Crippen molar-refractivity contribution < 1.29 is 9.31 Å². The maximum atomic E-state index is 13.6. The molecule has 0 spiro atoms. The van der Waals surface area contributed by atoms with E-state index in [0.717, 1.165) is 17.2 Å². The smallest absolute Gasteiger partial charge is 0.293 e. The van der Waals surface area contributed by atoms with E-state index < -0.39 is 10.7 Å². The van der Waals surface area contributed by atoms with Crippen molar-refractivity contribution in [3.63, 3.8) is 0 Å². The molecule has 0 amide bonds. The van der Waals surface area contributed by atoms with Crippen LogP contribution in [0.25, 0.3) is 0 Å². The summed E-state index contributed by atoms with van der Waals surface area (Å²) in [5, 5.41) is 14.0. The van der Waals surface area contributed by atoms with Crippen LogP contribution in [-0.2, 0) is 13.1 Å². The van der Waals surface area contributed by atoms with Gasteiger partial charge in [0.2, 0.25) is 0 Å². The number of hydrogen-bond donors (Lipinski definition) is 2. The summed E-state index contributed by atoms with van der Waals surface area (Å²) >= 11 is 1.73. The number of anilines is 1. The fourth-order valence-electron chi connectivity index (χ4n) is 1.95. The minimum absolute atomic E-state index is 0.147. The summed E-state index contributed by atoms with van der Waals surface area (Å²) in [4.78, 5) is 10.5.